The van der Waals surface area contributed by atoms with Crippen LogP contribution >= 0.6 is 0 Å². The van der Waals surface area contributed by atoms with Crippen molar-refractivity contribution in [2.24, 2.45) is 0 Å². The monoisotopic (exact) mass is 443 g/mol. The van der Waals surface area contributed by atoms with Crippen LogP contribution in [0.1, 0.15) is 49.3 Å². The summed E-state index contributed by atoms with van der Waals surface area (Å²) < 4.78 is 11.2. The summed E-state index contributed by atoms with van der Waals surface area (Å²) >= 11 is 0. The number of anilines is 1. The lowest BCUT2D eigenvalue weighted by atomic mass is 9.82. The van der Waals surface area contributed by atoms with Crippen LogP contribution in [0, 0.1) is 0 Å². The zero-order valence-corrected chi connectivity index (χ0v) is 19.4. The normalized spacial score (nSPS) is 16.3. The molecule has 0 saturated carbocycles. The number of carbonyl (C=O) groups is 2. The lowest BCUT2D eigenvalue weighted by Gasteiger charge is -2.27. The van der Waals surface area contributed by atoms with Gasteiger partial charge < -0.3 is 14.4 Å². The molecule has 5 heteroatoms. The number of ether oxygens (including phenoxy) is 2. The molecule has 0 radical (unpaired) electrons. The smallest absolute Gasteiger partial charge is 0.315 e. The molecule has 0 saturated heterocycles. The Hall–Kier alpha value is -3.60. The second-order valence-electron chi connectivity index (χ2n) is 9.23. The van der Waals surface area contributed by atoms with Gasteiger partial charge in [0.2, 0.25) is 5.91 Å². The van der Waals surface area contributed by atoms with E-state index in [0.29, 0.717) is 17.9 Å². The van der Waals surface area contributed by atoms with Crippen LogP contribution in [0.3, 0.4) is 0 Å². The Balaban J connectivity index is 1.80. The molecule has 4 rings (SSSR count). The van der Waals surface area contributed by atoms with Gasteiger partial charge >= 0.3 is 5.97 Å². The minimum Gasteiger partial charge on any atom is -0.497 e. The second kappa shape index (κ2) is 9.10. The molecule has 5 nitrogen and oxygen atoms in total. The van der Waals surface area contributed by atoms with Gasteiger partial charge in [-0.2, -0.15) is 0 Å². The molecular weight excluding hydrogens is 414 g/mol. The fourth-order valence-corrected chi connectivity index (χ4v) is 4.33. The average Bonchev–Trinajstić information content (AvgIpc) is 3.05. The first-order valence-corrected chi connectivity index (χ1v) is 11.1. The molecule has 33 heavy (non-hydrogen) atoms. The maximum absolute atomic E-state index is 13.9. The van der Waals surface area contributed by atoms with Crippen molar-refractivity contribution in [1.29, 1.82) is 0 Å². The Kier molecular flexibility index (Phi) is 6.23. The highest BCUT2D eigenvalue weighted by Gasteiger charge is 2.46. The molecule has 1 aliphatic heterocycles. The van der Waals surface area contributed by atoms with Crippen molar-refractivity contribution in [3.05, 3.63) is 95.6 Å². The number of methoxy groups -OCH3 is 1. The molecule has 0 aliphatic carbocycles. The van der Waals surface area contributed by atoms with Crippen molar-refractivity contribution in [3.63, 3.8) is 0 Å². The van der Waals surface area contributed by atoms with Crippen molar-refractivity contribution < 1.29 is 19.1 Å². The number of esters is 1. The number of nitrogens with zero attached hydrogens (tertiary/aromatic N) is 1. The molecule has 1 amide bonds. The van der Waals surface area contributed by atoms with Crippen molar-refractivity contribution in [2.45, 2.75) is 44.8 Å². The van der Waals surface area contributed by atoms with Crippen LogP contribution in [0.2, 0.25) is 0 Å². The summed E-state index contributed by atoms with van der Waals surface area (Å²) in [6.07, 6.45) is 0. The summed E-state index contributed by atoms with van der Waals surface area (Å²) in [6.45, 7) is 5.94. The third kappa shape index (κ3) is 4.77. The van der Waals surface area contributed by atoms with Crippen molar-refractivity contribution in [2.75, 3.05) is 12.0 Å². The number of rotatable bonds is 6. The third-order valence-corrected chi connectivity index (χ3v) is 5.73. The number of benzene rings is 3. The van der Waals surface area contributed by atoms with Gasteiger partial charge in [0.05, 0.1) is 25.5 Å². The fourth-order valence-electron chi connectivity index (χ4n) is 4.33. The van der Waals surface area contributed by atoms with Crippen molar-refractivity contribution in [1.82, 2.24) is 0 Å². The molecule has 0 fully saturated rings. The van der Waals surface area contributed by atoms with Crippen LogP contribution in [0.4, 0.5) is 5.69 Å². The first-order valence-electron chi connectivity index (χ1n) is 11.1. The van der Waals surface area contributed by atoms with Gasteiger partial charge in [0.1, 0.15) is 11.4 Å². The highest BCUT2D eigenvalue weighted by Crippen LogP contribution is 2.46. The highest BCUT2D eigenvalue weighted by atomic mass is 16.6. The van der Waals surface area contributed by atoms with E-state index in [0.717, 1.165) is 16.8 Å². The molecule has 2 unspecified atom stereocenters. The van der Waals surface area contributed by atoms with E-state index in [1.54, 1.807) is 12.0 Å². The quantitative estimate of drug-likeness (QED) is 0.475. The predicted octanol–water partition coefficient (Wildman–Crippen LogP) is 5.45. The standard InChI is InChI=1S/C28H29NO4/c1-28(2,3)33-27(31)24(20-13-10-14-21(17-20)32-4)25-22-15-8-9-16-23(22)29(26(25)30)18-19-11-6-5-7-12-19/h5-17,24-25H,18H2,1-4H3. The zero-order valence-electron chi connectivity index (χ0n) is 19.4. The molecule has 0 aromatic heterocycles. The number of fused-ring (bicyclic) bond motifs is 1. The van der Waals surface area contributed by atoms with Crippen LogP contribution in [0.5, 0.6) is 5.75 Å². The van der Waals surface area contributed by atoms with Crippen LogP contribution in [-0.4, -0.2) is 24.6 Å². The van der Waals surface area contributed by atoms with E-state index in [-0.39, 0.29) is 5.91 Å². The molecule has 3 aromatic carbocycles. The van der Waals surface area contributed by atoms with Gasteiger partial charge in [0, 0.05) is 5.69 Å². The fraction of sp³-hybridized carbons (Fsp3) is 0.286. The van der Waals surface area contributed by atoms with Gasteiger partial charge in [0.15, 0.2) is 0 Å². The van der Waals surface area contributed by atoms with Gasteiger partial charge in [-0.1, -0.05) is 60.7 Å². The number of hydrogen-bond donors (Lipinski definition) is 0. The molecule has 0 bridgehead atoms. The van der Waals surface area contributed by atoms with E-state index in [1.807, 2.05) is 99.6 Å². The van der Waals surface area contributed by atoms with E-state index in [9.17, 15) is 9.59 Å². The minimum atomic E-state index is -0.797. The van der Waals surface area contributed by atoms with Gasteiger partial charge in [-0.25, -0.2) is 0 Å². The second-order valence-corrected chi connectivity index (χ2v) is 9.23. The van der Waals surface area contributed by atoms with Crippen LogP contribution in [0.25, 0.3) is 0 Å². The summed E-state index contributed by atoms with van der Waals surface area (Å²) in [7, 11) is 1.58. The number of hydrogen-bond acceptors (Lipinski definition) is 4. The lowest BCUT2D eigenvalue weighted by Crippen LogP contribution is -2.35. The maximum atomic E-state index is 13.9. The van der Waals surface area contributed by atoms with E-state index < -0.39 is 23.4 Å². The first kappa shape index (κ1) is 22.6. The summed E-state index contributed by atoms with van der Waals surface area (Å²) in [6, 6.07) is 24.9. The maximum Gasteiger partial charge on any atom is 0.315 e. The lowest BCUT2D eigenvalue weighted by molar-refractivity contribution is -0.158. The summed E-state index contributed by atoms with van der Waals surface area (Å²) in [5, 5.41) is 0. The molecule has 3 aromatic rings. The summed E-state index contributed by atoms with van der Waals surface area (Å²) in [5.74, 6) is -1.40. The van der Waals surface area contributed by atoms with Gasteiger partial charge in [0.25, 0.3) is 0 Å². The Morgan fingerprint density at radius 3 is 2.36 bits per heavy atom. The topological polar surface area (TPSA) is 55.8 Å². The Labute approximate surface area is 194 Å². The number of para-hydroxylation sites is 1. The molecule has 0 spiro atoms. The molecule has 0 N–H and O–H groups in total. The molecule has 1 heterocycles. The van der Waals surface area contributed by atoms with E-state index in [4.69, 9.17) is 9.47 Å². The summed E-state index contributed by atoms with van der Waals surface area (Å²) in [5.41, 5.74) is 2.69. The SMILES string of the molecule is COc1cccc(C(C(=O)OC(C)(C)C)C2C(=O)N(Cc3ccccc3)c3ccccc32)c1. The van der Waals surface area contributed by atoms with Crippen LogP contribution < -0.4 is 9.64 Å². The van der Waals surface area contributed by atoms with E-state index in [2.05, 4.69) is 0 Å². The van der Waals surface area contributed by atoms with Gasteiger partial charge in [-0.05, 0) is 55.7 Å². The Morgan fingerprint density at radius 2 is 1.67 bits per heavy atom. The number of carbonyl (C=O) groups excluding carboxylic acids is 2. The van der Waals surface area contributed by atoms with Crippen molar-refractivity contribution >= 4 is 17.6 Å². The first-order chi connectivity index (χ1) is 15.8. The Bertz CT molecular complexity index is 1150. The highest BCUT2D eigenvalue weighted by molar-refractivity contribution is 6.08. The minimum absolute atomic E-state index is 0.112. The number of amides is 1. The van der Waals surface area contributed by atoms with Crippen LogP contribution in [0.15, 0.2) is 78.9 Å². The molecule has 170 valence electrons. The summed E-state index contributed by atoms with van der Waals surface area (Å²) in [4.78, 5) is 29.2. The predicted molar refractivity (Wildman–Crippen MR) is 128 cm³/mol. The average molecular weight is 444 g/mol. The van der Waals surface area contributed by atoms with Gasteiger partial charge in [-0.3, -0.25) is 9.59 Å². The van der Waals surface area contributed by atoms with E-state index >= 15 is 0 Å². The zero-order chi connectivity index (χ0) is 23.6. The third-order valence-electron chi connectivity index (χ3n) is 5.73. The van der Waals surface area contributed by atoms with Crippen LogP contribution in [-0.2, 0) is 20.9 Å². The van der Waals surface area contributed by atoms with Gasteiger partial charge in [-0.15, -0.1) is 0 Å². The molecule has 2 atom stereocenters. The van der Waals surface area contributed by atoms with E-state index in [1.165, 1.54) is 0 Å². The molecular formula is C28H29NO4. The Morgan fingerprint density at radius 1 is 0.970 bits per heavy atom. The molecule has 1 aliphatic rings. The largest absolute Gasteiger partial charge is 0.497 e. The van der Waals surface area contributed by atoms with Crippen molar-refractivity contribution in [3.8, 4) is 5.75 Å².